The number of nitrogens with one attached hydrogen (secondary N) is 2. The fraction of sp³-hybridized carbons (Fsp3) is 0.235. The summed E-state index contributed by atoms with van der Waals surface area (Å²) in [5, 5.41) is 6.60. The van der Waals surface area contributed by atoms with Gasteiger partial charge >= 0.3 is 6.03 Å². The summed E-state index contributed by atoms with van der Waals surface area (Å²) in [6.45, 7) is 4.56. The molecular weight excluding hydrogens is 335 g/mol. The Kier molecular flexibility index (Phi) is 6.13. The average Bonchev–Trinajstić information content (AvgIpc) is 2.47. The first-order chi connectivity index (χ1) is 11.0. The minimum atomic E-state index is -0.325. The highest BCUT2D eigenvalue weighted by atomic mass is 35.5. The number of rotatable bonds is 5. The Balaban J connectivity index is 1.80. The minimum Gasteiger partial charge on any atom is -0.492 e. The van der Waals surface area contributed by atoms with Crippen molar-refractivity contribution in [2.75, 3.05) is 18.5 Å². The van der Waals surface area contributed by atoms with Crippen LogP contribution in [0, 0.1) is 13.8 Å². The highest BCUT2D eigenvalue weighted by Crippen LogP contribution is 2.27. The van der Waals surface area contributed by atoms with Crippen LogP contribution in [0.25, 0.3) is 0 Å². The Labute approximate surface area is 145 Å². The zero-order valence-corrected chi connectivity index (χ0v) is 14.5. The predicted octanol–water partition coefficient (Wildman–Crippen LogP) is 4.81. The van der Waals surface area contributed by atoms with Gasteiger partial charge in [-0.05, 0) is 49.2 Å². The van der Waals surface area contributed by atoms with Crippen LogP contribution in [0.2, 0.25) is 10.0 Å². The number of benzene rings is 2. The van der Waals surface area contributed by atoms with E-state index in [-0.39, 0.29) is 6.03 Å². The van der Waals surface area contributed by atoms with Gasteiger partial charge in [-0.25, -0.2) is 4.79 Å². The van der Waals surface area contributed by atoms with Crippen molar-refractivity contribution in [3.63, 3.8) is 0 Å². The standard InChI is InChI=1S/C17H18Cl2N2O2/c1-11-8-12(2)16(15(19)9-11)21-17(22)20-6-7-23-14-5-3-4-13(18)10-14/h3-5,8-10H,6-7H2,1-2H3,(H2,20,21,22). The molecule has 0 spiro atoms. The zero-order valence-electron chi connectivity index (χ0n) is 13.0. The lowest BCUT2D eigenvalue weighted by molar-refractivity contribution is 0.247. The van der Waals surface area contributed by atoms with Gasteiger partial charge in [0.2, 0.25) is 0 Å². The first-order valence-corrected chi connectivity index (χ1v) is 7.91. The van der Waals surface area contributed by atoms with Crippen LogP contribution in [0.5, 0.6) is 5.75 Å². The van der Waals surface area contributed by atoms with Crippen molar-refractivity contribution in [2.45, 2.75) is 13.8 Å². The lowest BCUT2D eigenvalue weighted by Crippen LogP contribution is -2.32. The summed E-state index contributed by atoms with van der Waals surface area (Å²) in [5.74, 6) is 0.664. The third kappa shape index (κ3) is 5.34. The van der Waals surface area contributed by atoms with Crippen LogP contribution in [-0.2, 0) is 0 Å². The van der Waals surface area contributed by atoms with Crippen LogP contribution >= 0.6 is 23.2 Å². The van der Waals surface area contributed by atoms with E-state index < -0.39 is 0 Å². The number of carbonyl (C=O) groups excluding carboxylic acids is 1. The molecule has 0 aliphatic heterocycles. The Bertz CT molecular complexity index is 682. The maximum atomic E-state index is 11.9. The monoisotopic (exact) mass is 352 g/mol. The van der Waals surface area contributed by atoms with Gasteiger partial charge in [-0.3, -0.25) is 0 Å². The van der Waals surface area contributed by atoms with Gasteiger partial charge in [0.15, 0.2) is 0 Å². The van der Waals surface area contributed by atoms with E-state index in [1.807, 2.05) is 26.0 Å². The summed E-state index contributed by atoms with van der Waals surface area (Å²) in [5.41, 5.74) is 2.58. The Hall–Kier alpha value is -1.91. The molecule has 2 amide bonds. The van der Waals surface area contributed by atoms with Crippen molar-refractivity contribution in [1.29, 1.82) is 0 Å². The first kappa shape index (κ1) is 17.4. The fourth-order valence-electron chi connectivity index (χ4n) is 2.12. The lowest BCUT2D eigenvalue weighted by Gasteiger charge is -2.13. The molecule has 0 fully saturated rings. The number of halogens is 2. The molecule has 0 atom stereocenters. The first-order valence-electron chi connectivity index (χ1n) is 7.15. The maximum Gasteiger partial charge on any atom is 0.319 e. The van der Waals surface area contributed by atoms with E-state index in [0.29, 0.717) is 34.6 Å². The van der Waals surface area contributed by atoms with Crippen molar-refractivity contribution >= 4 is 34.9 Å². The molecule has 0 saturated heterocycles. The van der Waals surface area contributed by atoms with Crippen molar-refractivity contribution < 1.29 is 9.53 Å². The van der Waals surface area contributed by atoms with E-state index >= 15 is 0 Å². The average molecular weight is 353 g/mol. The van der Waals surface area contributed by atoms with Crippen molar-refractivity contribution in [1.82, 2.24) is 5.32 Å². The molecule has 0 aliphatic carbocycles. The number of ether oxygens (including phenoxy) is 1. The van der Waals surface area contributed by atoms with E-state index in [2.05, 4.69) is 10.6 Å². The van der Waals surface area contributed by atoms with Crippen LogP contribution in [0.15, 0.2) is 36.4 Å². The van der Waals surface area contributed by atoms with Crippen LogP contribution in [-0.4, -0.2) is 19.2 Å². The van der Waals surface area contributed by atoms with Gasteiger partial charge in [0.1, 0.15) is 12.4 Å². The predicted molar refractivity (Wildman–Crippen MR) is 94.9 cm³/mol. The van der Waals surface area contributed by atoms with Gasteiger partial charge in [-0.2, -0.15) is 0 Å². The van der Waals surface area contributed by atoms with E-state index in [4.69, 9.17) is 27.9 Å². The van der Waals surface area contributed by atoms with Gasteiger partial charge in [-0.15, -0.1) is 0 Å². The quantitative estimate of drug-likeness (QED) is 0.758. The van der Waals surface area contributed by atoms with Gasteiger partial charge in [0, 0.05) is 5.02 Å². The molecule has 0 heterocycles. The van der Waals surface area contributed by atoms with Gasteiger partial charge in [-0.1, -0.05) is 35.3 Å². The summed E-state index contributed by atoms with van der Waals surface area (Å²) in [4.78, 5) is 11.9. The molecule has 2 aromatic carbocycles. The number of aryl methyl sites for hydroxylation is 2. The van der Waals surface area contributed by atoms with Crippen LogP contribution in [0.3, 0.4) is 0 Å². The van der Waals surface area contributed by atoms with E-state index in [0.717, 1.165) is 11.1 Å². The molecule has 2 rings (SSSR count). The third-order valence-electron chi connectivity index (χ3n) is 3.12. The van der Waals surface area contributed by atoms with Crippen molar-refractivity contribution in [3.8, 4) is 5.75 Å². The number of hydrogen-bond acceptors (Lipinski definition) is 2. The number of urea groups is 1. The number of carbonyl (C=O) groups is 1. The summed E-state index contributed by atoms with van der Waals surface area (Å²) in [6.07, 6.45) is 0. The van der Waals surface area contributed by atoms with Crippen LogP contribution < -0.4 is 15.4 Å². The molecule has 2 aromatic rings. The van der Waals surface area contributed by atoms with Crippen LogP contribution in [0.1, 0.15) is 11.1 Å². The highest BCUT2D eigenvalue weighted by molar-refractivity contribution is 6.34. The largest absolute Gasteiger partial charge is 0.492 e. The smallest absolute Gasteiger partial charge is 0.319 e. The zero-order chi connectivity index (χ0) is 16.8. The molecule has 0 unspecified atom stereocenters. The minimum absolute atomic E-state index is 0.325. The lowest BCUT2D eigenvalue weighted by atomic mass is 10.1. The molecule has 0 aromatic heterocycles. The van der Waals surface area contributed by atoms with Crippen molar-refractivity contribution in [2.24, 2.45) is 0 Å². The molecule has 0 saturated carbocycles. The second kappa shape index (κ2) is 8.09. The third-order valence-corrected chi connectivity index (χ3v) is 3.66. The Morgan fingerprint density at radius 2 is 1.96 bits per heavy atom. The molecule has 122 valence electrons. The molecule has 23 heavy (non-hydrogen) atoms. The highest BCUT2D eigenvalue weighted by Gasteiger charge is 2.09. The van der Waals surface area contributed by atoms with E-state index in [1.54, 1.807) is 24.3 Å². The SMILES string of the molecule is Cc1cc(C)c(NC(=O)NCCOc2cccc(Cl)c2)c(Cl)c1. The molecule has 2 N–H and O–H groups in total. The molecule has 0 radical (unpaired) electrons. The van der Waals surface area contributed by atoms with Gasteiger partial charge in [0.25, 0.3) is 0 Å². The Morgan fingerprint density at radius 3 is 2.65 bits per heavy atom. The molecule has 6 heteroatoms. The fourth-order valence-corrected chi connectivity index (χ4v) is 2.67. The topological polar surface area (TPSA) is 50.4 Å². The number of hydrogen-bond donors (Lipinski definition) is 2. The Morgan fingerprint density at radius 1 is 1.17 bits per heavy atom. The second-order valence-corrected chi connectivity index (χ2v) is 5.97. The molecular formula is C17H18Cl2N2O2. The molecule has 4 nitrogen and oxygen atoms in total. The van der Waals surface area contributed by atoms with E-state index in [9.17, 15) is 4.79 Å². The van der Waals surface area contributed by atoms with Gasteiger partial charge in [0.05, 0.1) is 17.3 Å². The van der Waals surface area contributed by atoms with E-state index in [1.165, 1.54) is 0 Å². The molecule has 0 aliphatic rings. The number of amides is 2. The van der Waals surface area contributed by atoms with Crippen LogP contribution in [0.4, 0.5) is 10.5 Å². The summed E-state index contributed by atoms with van der Waals surface area (Å²) in [7, 11) is 0. The number of anilines is 1. The maximum absolute atomic E-state index is 11.9. The second-order valence-electron chi connectivity index (χ2n) is 5.13. The van der Waals surface area contributed by atoms with Gasteiger partial charge < -0.3 is 15.4 Å². The summed E-state index contributed by atoms with van der Waals surface area (Å²) >= 11 is 12.0. The normalized spacial score (nSPS) is 10.3. The summed E-state index contributed by atoms with van der Waals surface area (Å²) < 4.78 is 5.50. The summed E-state index contributed by atoms with van der Waals surface area (Å²) in [6, 6.07) is 10.6. The van der Waals surface area contributed by atoms with Crippen molar-refractivity contribution in [3.05, 3.63) is 57.6 Å². The molecule has 0 bridgehead atoms.